The van der Waals surface area contributed by atoms with Crippen molar-refractivity contribution in [3.63, 3.8) is 0 Å². The fourth-order valence-electron chi connectivity index (χ4n) is 3.80. The number of ether oxygens (including phenoxy) is 1. The highest BCUT2D eigenvalue weighted by molar-refractivity contribution is 5.77. The summed E-state index contributed by atoms with van der Waals surface area (Å²) >= 11 is 0. The van der Waals surface area contributed by atoms with Crippen LogP contribution in [0.5, 0.6) is 5.75 Å². The van der Waals surface area contributed by atoms with Crippen LogP contribution in [0.1, 0.15) is 57.6 Å². The highest BCUT2D eigenvalue weighted by Crippen LogP contribution is 2.19. The summed E-state index contributed by atoms with van der Waals surface area (Å²) in [5.74, 6) is 1.22. The Morgan fingerprint density at radius 2 is 2.03 bits per heavy atom. The molecule has 1 heterocycles. The molecule has 2 rings (SSSR count). The molecule has 5 heteroatoms. The number of rotatable bonds is 15. The molecule has 1 aliphatic rings. The molecular formula is C24H39N3O2. The van der Waals surface area contributed by atoms with Crippen LogP contribution < -0.4 is 10.1 Å². The molecule has 1 aliphatic heterocycles. The van der Waals surface area contributed by atoms with Crippen molar-refractivity contribution in [3.8, 4) is 5.75 Å². The van der Waals surface area contributed by atoms with E-state index in [1.165, 1.54) is 12.0 Å². The van der Waals surface area contributed by atoms with Crippen LogP contribution in [-0.4, -0.2) is 61.6 Å². The van der Waals surface area contributed by atoms with Gasteiger partial charge in [-0.2, -0.15) is 0 Å². The third-order valence-electron chi connectivity index (χ3n) is 5.49. The van der Waals surface area contributed by atoms with Gasteiger partial charge < -0.3 is 19.9 Å². The lowest BCUT2D eigenvalue weighted by atomic mass is 10.1. The topological polar surface area (TPSA) is 44.8 Å². The summed E-state index contributed by atoms with van der Waals surface area (Å²) in [6.07, 6.45) is 6.86. The maximum Gasteiger partial charge on any atom is 0.222 e. The summed E-state index contributed by atoms with van der Waals surface area (Å²) in [5.41, 5.74) is 1.18. The molecule has 1 unspecified atom stereocenters. The van der Waals surface area contributed by atoms with E-state index in [-0.39, 0.29) is 6.04 Å². The van der Waals surface area contributed by atoms with Crippen molar-refractivity contribution in [1.29, 1.82) is 0 Å². The Balaban J connectivity index is 1.68. The number of carbonyl (C=O) groups is 1. The Labute approximate surface area is 177 Å². The first-order valence-corrected chi connectivity index (χ1v) is 11.3. The Bertz CT molecular complexity index is 603. The van der Waals surface area contributed by atoms with Gasteiger partial charge in [-0.05, 0) is 63.0 Å². The molecule has 29 heavy (non-hydrogen) atoms. The van der Waals surface area contributed by atoms with Gasteiger partial charge in [-0.3, -0.25) is 4.79 Å². The van der Waals surface area contributed by atoms with Gasteiger partial charge in [-0.1, -0.05) is 32.1 Å². The molecule has 1 amide bonds. The van der Waals surface area contributed by atoms with E-state index in [1.54, 1.807) is 0 Å². The van der Waals surface area contributed by atoms with Gasteiger partial charge in [0.2, 0.25) is 5.91 Å². The predicted octanol–water partition coefficient (Wildman–Crippen LogP) is 4.02. The van der Waals surface area contributed by atoms with Crippen molar-refractivity contribution in [2.24, 2.45) is 0 Å². The second kappa shape index (κ2) is 13.4. The fourth-order valence-corrected chi connectivity index (χ4v) is 3.80. The average molecular weight is 402 g/mol. The Morgan fingerprint density at radius 3 is 2.66 bits per heavy atom. The van der Waals surface area contributed by atoms with Crippen molar-refractivity contribution in [2.45, 2.75) is 52.0 Å². The van der Waals surface area contributed by atoms with Gasteiger partial charge in [0, 0.05) is 26.1 Å². The van der Waals surface area contributed by atoms with Gasteiger partial charge in [-0.25, -0.2) is 0 Å². The second-order valence-corrected chi connectivity index (χ2v) is 7.71. The quantitative estimate of drug-likeness (QED) is 0.356. The van der Waals surface area contributed by atoms with Crippen LogP contribution in [0.25, 0.3) is 0 Å². The highest BCUT2D eigenvalue weighted by Gasteiger charge is 2.19. The summed E-state index contributed by atoms with van der Waals surface area (Å²) in [6.45, 7) is 15.1. The number of carbonyl (C=O) groups excluding carboxylic acids is 1. The van der Waals surface area contributed by atoms with E-state index in [1.807, 2.05) is 23.1 Å². The molecule has 0 aliphatic carbocycles. The number of nitrogens with one attached hydrogen (secondary N) is 1. The van der Waals surface area contributed by atoms with Crippen LogP contribution in [0.3, 0.4) is 0 Å². The van der Waals surface area contributed by atoms with Crippen molar-refractivity contribution in [1.82, 2.24) is 15.1 Å². The monoisotopic (exact) mass is 401 g/mol. The Hall–Kier alpha value is -1.85. The van der Waals surface area contributed by atoms with Crippen LogP contribution in [0.4, 0.5) is 0 Å². The van der Waals surface area contributed by atoms with Crippen molar-refractivity contribution >= 4 is 5.91 Å². The highest BCUT2D eigenvalue weighted by atomic mass is 16.5. The minimum atomic E-state index is 0.116. The maximum absolute atomic E-state index is 11.7. The molecule has 1 saturated heterocycles. The first-order chi connectivity index (χ1) is 14.2. The van der Waals surface area contributed by atoms with E-state index in [2.05, 4.69) is 42.8 Å². The summed E-state index contributed by atoms with van der Waals surface area (Å²) in [7, 11) is 0. The number of benzene rings is 1. The van der Waals surface area contributed by atoms with Crippen LogP contribution in [0, 0.1) is 0 Å². The van der Waals surface area contributed by atoms with Gasteiger partial charge in [0.1, 0.15) is 5.75 Å². The van der Waals surface area contributed by atoms with Gasteiger partial charge in [-0.15, -0.1) is 6.58 Å². The number of likely N-dealkylation sites (tertiary alicyclic amines) is 1. The zero-order valence-electron chi connectivity index (χ0n) is 18.4. The van der Waals surface area contributed by atoms with Gasteiger partial charge >= 0.3 is 0 Å². The Morgan fingerprint density at radius 1 is 1.24 bits per heavy atom. The zero-order chi connectivity index (χ0) is 20.9. The van der Waals surface area contributed by atoms with E-state index in [4.69, 9.17) is 4.74 Å². The SMILES string of the molecule is C=CC(NCCCN1CCCC1=O)c1ccc(OCCCN(CC)CCC)cc1. The van der Waals surface area contributed by atoms with Crippen LogP contribution in [-0.2, 0) is 4.79 Å². The predicted molar refractivity (Wildman–Crippen MR) is 120 cm³/mol. The number of amides is 1. The zero-order valence-corrected chi connectivity index (χ0v) is 18.4. The molecule has 1 aromatic rings. The molecule has 0 radical (unpaired) electrons. The molecule has 5 nitrogen and oxygen atoms in total. The first kappa shape index (κ1) is 23.4. The lowest BCUT2D eigenvalue weighted by Crippen LogP contribution is -2.29. The molecular weight excluding hydrogens is 362 g/mol. The van der Waals surface area contributed by atoms with Crippen LogP contribution in [0.2, 0.25) is 0 Å². The third kappa shape index (κ3) is 8.19. The normalized spacial score (nSPS) is 15.1. The fraction of sp³-hybridized carbons (Fsp3) is 0.625. The van der Waals surface area contributed by atoms with Crippen LogP contribution in [0.15, 0.2) is 36.9 Å². The minimum absolute atomic E-state index is 0.116. The van der Waals surface area contributed by atoms with Crippen molar-refractivity contribution < 1.29 is 9.53 Å². The maximum atomic E-state index is 11.7. The molecule has 162 valence electrons. The summed E-state index contributed by atoms with van der Waals surface area (Å²) in [6, 6.07) is 8.41. The summed E-state index contributed by atoms with van der Waals surface area (Å²) in [5, 5.41) is 3.52. The Kier molecular flexibility index (Phi) is 10.8. The molecule has 0 bridgehead atoms. The van der Waals surface area contributed by atoms with E-state index in [9.17, 15) is 4.79 Å². The minimum Gasteiger partial charge on any atom is -0.494 e. The standard InChI is InChI=1S/C24H39N3O2/c1-4-16-26(6-3)17-9-20-29-22-13-11-21(12-14-22)23(5-2)25-15-8-19-27-18-7-10-24(27)28/h5,11-14,23,25H,2,4,6-10,15-20H2,1,3H3. The average Bonchev–Trinajstić information content (AvgIpc) is 3.15. The molecule has 1 aromatic carbocycles. The molecule has 0 aromatic heterocycles. The third-order valence-corrected chi connectivity index (χ3v) is 5.49. The number of hydrogen-bond donors (Lipinski definition) is 1. The first-order valence-electron chi connectivity index (χ1n) is 11.3. The van der Waals surface area contributed by atoms with Gasteiger partial charge in [0.25, 0.3) is 0 Å². The largest absolute Gasteiger partial charge is 0.494 e. The second-order valence-electron chi connectivity index (χ2n) is 7.71. The smallest absolute Gasteiger partial charge is 0.222 e. The molecule has 0 saturated carbocycles. The van der Waals surface area contributed by atoms with E-state index >= 15 is 0 Å². The van der Waals surface area contributed by atoms with Gasteiger partial charge in [0.15, 0.2) is 0 Å². The number of nitrogens with zero attached hydrogens (tertiary/aromatic N) is 2. The molecule has 1 atom stereocenters. The van der Waals surface area contributed by atoms with E-state index in [0.717, 1.165) is 70.9 Å². The summed E-state index contributed by atoms with van der Waals surface area (Å²) in [4.78, 5) is 16.1. The van der Waals surface area contributed by atoms with E-state index in [0.29, 0.717) is 12.3 Å². The van der Waals surface area contributed by atoms with E-state index < -0.39 is 0 Å². The molecule has 1 N–H and O–H groups in total. The summed E-state index contributed by atoms with van der Waals surface area (Å²) < 4.78 is 5.90. The van der Waals surface area contributed by atoms with Crippen LogP contribution >= 0.6 is 0 Å². The van der Waals surface area contributed by atoms with Crippen molar-refractivity contribution in [3.05, 3.63) is 42.5 Å². The van der Waals surface area contributed by atoms with Gasteiger partial charge in [0.05, 0.1) is 12.6 Å². The van der Waals surface area contributed by atoms with Crippen molar-refractivity contribution in [2.75, 3.05) is 45.9 Å². The molecule has 1 fully saturated rings. The molecule has 0 spiro atoms. The lowest BCUT2D eigenvalue weighted by Gasteiger charge is -2.19. The lowest BCUT2D eigenvalue weighted by molar-refractivity contribution is -0.127. The number of hydrogen-bond acceptors (Lipinski definition) is 4.